The third-order valence-corrected chi connectivity index (χ3v) is 6.41. The van der Waals surface area contributed by atoms with Crippen LogP contribution in [0.3, 0.4) is 0 Å². The van der Waals surface area contributed by atoms with Crippen LogP contribution in [0.1, 0.15) is 78.6 Å². The molecule has 0 aromatic rings. The molecule has 3 saturated carbocycles. The Kier molecular flexibility index (Phi) is 4.16. The predicted molar refractivity (Wildman–Crippen MR) is 83.9 cm³/mol. The summed E-state index contributed by atoms with van der Waals surface area (Å²) in [5.74, 6) is 0. The van der Waals surface area contributed by atoms with E-state index < -0.39 is 0 Å². The fourth-order valence-corrected chi connectivity index (χ4v) is 4.92. The second-order valence-corrected chi connectivity index (χ2v) is 8.27. The van der Waals surface area contributed by atoms with E-state index in [4.69, 9.17) is 4.74 Å². The minimum Gasteiger partial charge on any atom is -0.374 e. The first-order valence-corrected chi connectivity index (χ1v) is 8.95. The lowest BCUT2D eigenvalue weighted by Crippen LogP contribution is -2.63. The van der Waals surface area contributed by atoms with Crippen molar-refractivity contribution in [3.63, 3.8) is 0 Å². The SMILES string of the molecule is CCNC1CC(OC2CCC(C)(C)CC2)C12CCCC2. The Bertz CT molecular complexity index is 322. The van der Waals surface area contributed by atoms with Gasteiger partial charge in [0.25, 0.3) is 0 Å². The molecule has 2 atom stereocenters. The van der Waals surface area contributed by atoms with Crippen LogP contribution >= 0.6 is 0 Å². The first-order chi connectivity index (χ1) is 9.56. The van der Waals surface area contributed by atoms with Crippen molar-refractivity contribution in [1.82, 2.24) is 5.32 Å². The zero-order valence-corrected chi connectivity index (χ0v) is 13.7. The molecular weight excluding hydrogens is 246 g/mol. The van der Waals surface area contributed by atoms with E-state index in [0.29, 0.717) is 23.0 Å². The van der Waals surface area contributed by atoms with Crippen molar-refractivity contribution in [2.24, 2.45) is 10.8 Å². The average Bonchev–Trinajstić information content (AvgIpc) is 2.92. The maximum absolute atomic E-state index is 6.59. The van der Waals surface area contributed by atoms with Gasteiger partial charge in [-0.15, -0.1) is 0 Å². The molecule has 2 unspecified atom stereocenters. The highest BCUT2D eigenvalue weighted by molar-refractivity contribution is 5.10. The highest BCUT2D eigenvalue weighted by Crippen LogP contribution is 2.55. The quantitative estimate of drug-likeness (QED) is 0.829. The Hall–Kier alpha value is -0.0800. The largest absolute Gasteiger partial charge is 0.374 e. The van der Waals surface area contributed by atoms with E-state index in [2.05, 4.69) is 26.1 Å². The van der Waals surface area contributed by atoms with E-state index in [1.165, 1.54) is 57.8 Å². The summed E-state index contributed by atoms with van der Waals surface area (Å²) in [4.78, 5) is 0. The topological polar surface area (TPSA) is 21.3 Å². The molecule has 2 heteroatoms. The summed E-state index contributed by atoms with van der Waals surface area (Å²) in [6.07, 6.45) is 13.2. The molecule has 3 aliphatic rings. The molecule has 0 aromatic carbocycles. The van der Waals surface area contributed by atoms with Gasteiger partial charge in [0.1, 0.15) is 0 Å². The third-order valence-electron chi connectivity index (χ3n) is 6.41. The highest BCUT2D eigenvalue weighted by Gasteiger charge is 2.56. The molecule has 0 aliphatic heterocycles. The Morgan fingerprint density at radius 1 is 1.05 bits per heavy atom. The summed E-state index contributed by atoms with van der Waals surface area (Å²) >= 11 is 0. The molecule has 0 bridgehead atoms. The minimum atomic E-state index is 0.503. The van der Waals surface area contributed by atoms with E-state index >= 15 is 0 Å². The van der Waals surface area contributed by atoms with Crippen LogP contribution in [0.4, 0.5) is 0 Å². The number of nitrogens with one attached hydrogen (secondary N) is 1. The van der Waals surface area contributed by atoms with Crippen LogP contribution in [-0.4, -0.2) is 24.8 Å². The fraction of sp³-hybridized carbons (Fsp3) is 1.00. The maximum atomic E-state index is 6.59. The second-order valence-electron chi connectivity index (χ2n) is 8.27. The lowest BCUT2D eigenvalue weighted by Gasteiger charge is -2.55. The van der Waals surface area contributed by atoms with Gasteiger partial charge in [0.05, 0.1) is 12.2 Å². The van der Waals surface area contributed by atoms with E-state index in [0.717, 1.165) is 12.6 Å². The van der Waals surface area contributed by atoms with Gasteiger partial charge in [-0.25, -0.2) is 0 Å². The Morgan fingerprint density at radius 2 is 1.70 bits per heavy atom. The van der Waals surface area contributed by atoms with Crippen molar-refractivity contribution < 1.29 is 4.74 Å². The average molecular weight is 279 g/mol. The summed E-state index contributed by atoms with van der Waals surface area (Å²) in [6, 6.07) is 0.736. The molecule has 0 amide bonds. The predicted octanol–water partition coefficient (Wildman–Crippen LogP) is 4.28. The van der Waals surface area contributed by atoms with Crippen LogP contribution in [0, 0.1) is 10.8 Å². The molecule has 3 rings (SSSR count). The van der Waals surface area contributed by atoms with Gasteiger partial charge in [-0.2, -0.15) is 0 Å². The molecule has 3 aliphatic carbocycles. The Labute approximate surface area is 125 Å². The zero-order chi connectivity index (χ0) is 14.2. The summed E-state index contributed by atoms with van der Waals surface area (Å²) in [5, 5.41) is 3.72. The van der Waals surface area contributed by atoms with Crippen molar-refractivity contribution in [3.05, 3.63) is 0 Å². The standard InChI is InChI=1S/C18H33NO/c1-4-19-15-13-16(18(15)9-5-6-10-18)20-14-7-11-17(2,3)12-8-14/h14-16,19H,4-13H2,1-3H3. The molecule has 1 N–H and O–H groups in total. The Balaban J connectivity index is 1.56. The summed E-state index contributed by atoms with van der Waals surface area (Å²) in [7, 11) is 0. The fourth-order valence-electron chi connectivity index (χ4n) is 4.92. The van der Waals surface area contributed by atoms with Gasteiger partial charge < -0.3 is 10.1 Å². The maximum Gasteiger partial charge on any atom is 0.0665 e. The van der Waals surface area contributed by atoms with E-state index in [1.807, 2.05) is 0 Å². The minimum absolute atomic E-state index is 0.503. The van der Waals surface area contributed by atoms with E-state index in [1.54, 1.807) is 0 Å². The van der Waals surface area contributed by atoms with Crippen molar-refractivity contribution in [2.45, 2.75) is 96.8 Å². The normalized spacial score (nSPS) is 36.1. The molecule has 1 spiro atoms. The zero-order valence-electron chi connectivity index (χ0n) is 13.7. The van der Waals surface area contributed by atoms with Gasteiger partial charge in [-0.05, 0) is 56.9 Å². The second kappa shape index (κ2) is 5.61. The summed E-state index contributed by atoms with van der Waals surface area (Å²) < 4.78 is 6.59. The van der Waals surface area contributed by atoms with Crippen molar-refractivity contribution in [3.8, 4) is 0 Å². The molecule has 0 heterocycles. The molecule has 0 aromatic heterocycles. The number of hydrogen-bond acceptors (Lipinski definition) is 2. The van der Waals surface area contributed by atoms with Gasteiger partial charge in [-0.1, -0.05) is 33.6 Å². The summed E-state index contributed by atoms with van der Waals surface area (Å²) in [6.45, 7) is 8.16. The van der Waals surface area contributed by atoms with Crippen molar-refractivity contribution in [1.29, 1.82) is 0 Å². The van der Waals surface area contributed by atoms with Crippen LogP contribution in [0.25, 0.3) is 0 Å². The van der Waals surface area contributed by atoms with Gasteiger partial charge in [-0.3, -0.25) is 0 Å². The molecular formula is C18H33NO. The molecule has 3 fully saturated rings. The highest BCUT2D eigenvalue weighted by atomic mass is 16.5. The van der Waals surface area contributed by atoms with Gasteiger partial charge in [0.15, 0.2) is 0 Å². The van der Waals surface area contributed by atoms with Crippen LogP contribution in [0.5, 0.6) is 0 Å². The lowest BCUT2D eigenvalue weighted by atomic mass is 9.60. The first kappa shape index (κ1) is 14.8. The van der Waals surface area contributed by atoms with Crippen LogP contribution in [0.15, 0.2) is 0 Å². The van der Waals surface area contributed by atoms with Crippen LogP contribution in [-0.2, 0) is 4.74 Å². The van der Waals surface area contributed by atoms with E-state index in [-0.39, 0.29) is 0 Å². The molecule has 2 nitrogen and oxygen atoms in total. The number of ether oxygens (including phenoxy) is 1. The van der Waals surface area contributed by atoms with Crippen molar-refractivity contribution >= 4 is 0 Å². The van der Waals surface area contributed by atoms with Gasteiger partial charge in [0, 0.05) is 11.5 Å². The molecule has 20 heavy (non-hydrogen) atoms. The summed E-state index contributed by atoms with van der Waals surface area (Å²) in [5.41, 5.74) is 1.06. The smallest absolute Gasteiger partial charge is 0.0665 e. The number of hydrogen-bond donors (Lipinski definition) is 1. The monoisotopic (exact) mass is 279 g/mol. The Morgan fingerprint density at radius 3 is 2.30 bits per heavy atom. The van der Waals surface area contributed by atoms with Gasteiger partial charge >= 0.3 is 0 Å². The molecule has 0 saturated heterocycles. The first-order valence-electron chi connectivity index (χ1n) is 8.95. The van der Waals surface area contributed by atoms with E-state index in [9.17, 15) is 0 Å². The number of rotatable bonds is 4. The lowest BCUT2D eigenvalue weighted by molar-refractivity contribution is -0.170. The molecule has 0 radical (unpaired) electrons. The van der Waals surface area contributed by atoms with Crippen LogP contribution < -0.4 is 5.32 Å². The third kappa shape index (κ3) is 2.66. The van der Waals surface area contributed by atoms with Crippen molar-refractivity contribution in [2.75, 3.05) is 6.54 Å². The van der Waals surface area contributed by atoms with Crippen LogP contribution in [0.2, 0.25) is 0 Å². The molecule has 116 valence electrons. The van der Waals surface area contributed by atoms with Gasteiger partial charge in [0.2, 0.25) is 0 Å².